The van der Waals surface area contributed by atoms with Crippen LogP contribution in [0.1, 0.15) is 40.5 Å². The van der Waals surface area contributed by atoms with E-state index in [1.165, 1.54) is 0 Å². The number of nitrogens with zero attached hydrogens (tertiary/aromatic N) is 1. The minimum Gasteiger partial charge on any atom is -0.377 e. The Kier molecular flexibility index (Phi) is 5.77. The van der Waals surface area contributed by atoms with Gasteiger partial charge < -0.3 is 15.8 Å². The lowest BCUT2D eigenvalue weighted by atomic mass is 9.91. The summed E-state index contributed by atoms with van der Waals surface area (Å²) in [6.07, 6.45) is 2.01. The Balaban J connectivity index is 2.66. The Hall–Kier alpha value is -0.650. The van der Waals surface area contributed by atoms with Crippen molar-refractivity contribution in [3.8, 4) is 0 Å². The van der Waals surface area contributed by atoms with Gasteiger partial charge >= 0.3 is 0 Å². The monoisotopic (exact) mass is 271 g/mol. The molecule has 0 bridgehead atoms. The first-order chi connectivity index (χ1) is 8.81. The van der Waals surface area contributed by atoms with Crippen molar-refractivity contribution in [3.63, 3.8) is 0 Å². The molecule has 1 saturated heterocycles. The molecule has 0 saturated carbocycles. The standard InChI is InChI=1S/C14H29N3O2/c1-6-16-14(4,13(15)18)9-10(2)17(5)12-7-8-19-11(12)3/h10-12,16H,6-9H2,1-5H3,(H2,15,18). The van der Waals surface area contributed by atoms with E-state index in [0.717, 1.165) is 19.6 Å². The zero-order valence-electron chi connectivity index (χ0n) is 12.9. The summed E-state index contributed by atoms with van der Waals surface area (Å²) in [6, 6.07) is 0.694. The predicted octanol–water partition coefficient (Wildman–Crippen LogP) is 0.728. The topological polar surface area (TPSA) is 67.6 Å². The molecule has 3 N–H and O–H groups in total. The Labute approximate surface area is 116 Å². The zero-order chi connectivity index (χ0) is 14.6. The Morgan fingerprint density at radius 2 is 2.26 bits per heavy atom. The molecule has 1 rings (SSSR count). The lowest BCUT2D eigenvalue weighted by Crippen LogP contribution is -2.57. The van der Waals surface area contributed by atoms with Crippen LogP contribution >= 0.6 is 0 Å². The Morgan fingerprint density at radius 1 is 1.63 bits per heavy atom. The molecule has 0 aromatic rings. The Bertz CT molecular complexity index is 311. The van der Waals surface area contributed by atoms with E-state index in [4.69, 9.17) is 10.5 Å². The number of carbonyl (C=O) groups is 1. The van der Waals surface area contributed by atoms with Crippen molar-refractivity contribution in [2.75, 3.05) is 20.2 Å². The molecule has 4 atom stereocenters. The minimum atomic E-state index is -0.648. The minimum absolute atomic E-state index is 0.256. The third-order valence-corrected chi connectivity index (χ3v) is 4.37. The summed E-state index contributed by atoms with van der Waals surface area (Å²) in [5, 5.41) is 3.21. The van der Waals surface area contributed by atoms with E-state index in [9.17, 15) is 4.79 Å². The molecule has 5 nitrogen and oxygen atoms in total. The summed E-state index contributed by atoms with van der Waals surface area (Å²) >= 11 is 0. The first-order valence-electron chi connectivity index (χ1n) is 7.20. The van der Waals surface area contributed by atoms with Gasteiger partial charge in [0.15, 0.2) is 0 Å². The molecule has 1 fully saturated rings. The quantitative estimate of drug-likeness (QED) is 0.716. The highest BCUT2D eigenvalue weighted by Gasteiger charge is 2.36. The largest absolute Gasteiger partial charge is 0.377 e. The number of hydrogen-bond acceptors (Lipinski definition) is 4. The molecule has 5 heteroatoms. The molecule has 0 aromatic heterocycles. The van der Waals surface area contributed by atoms with Crippen LogP contribution in [0, 0.1) is 0 Å². The smallest absolute Gasteiger partial charge is 0.237 e. The molecule has 19 heavy (non-hydrogen) atoms. The second-order valence-electron chi connectivity index (χ2n) is 5.88. The molecule has 4 unspecified atom stereocenters. The van der Waals surface area contributed by atoms with Gasteiger partial charge in [-0.05, 0) is 47.2 Å². The van der Waals surface area contributed by atoms with Gasteiger partial charge in [0.25, 0.3) is 0 Å². The van der Waals surface area contributed by atoms with Gasteiger partial charge in [0.2, 0.25) is 5.91 Å². The fourth-order valence-electron chi connectivity index (χ4n) is 2.97. The van der Waals surface area contributed by atoms with Gasteiger partial charge in [0, 0.05) is 18.7 Å². The maximum absolute atomic E-state index is 11.7. The van der Waals surface area contributed by atoms with E-state index in [1.807, 2.05) is 13.8 Å². The summed E-state index contributed by atoms with van der Waals surface area (Å²) in [6.45, 7) is 9.68. The van der Waals surface area contributed by atoms with Gasteiger partial charge in [-0.3, -0.25) is 9.69 Å². The summed E-state index contributed by atoms with van der Waals surface area (Å²) in [4.78, 5) is 14.0. The van der Waals surface area contributed by atoms with E-state index in [0.29, 0.717) is 12.5 Å². The number of nitrogens with one attached hydrogen (secondary N) is 1. The van der Waals surface area contributed by atoms with Gasteiger partial charge in [0.1, 0.15) is 0 Å². The average Bonchev–Trinajstić information content (AvgIpc) is 2.74. The predicted molar refractivity (Wildman–Crippen MR) is 76.9 cm³/mol. The molecule has 0 spiro atoms. The van der Waals surface area contributed by atoms with Crippen molar-refractivity contribution in [3.05, 3.63) is 0 Å². The molecule has 1 aliphatic heterocycles. The number of rotatable bonds is 7. The second-order valence-corrected chi connectivity index (χ2v) is 5.88. The van der Waals surface area contributed by atoms with Crippen LogP contribution in [0.15, 0.2) is 0 Å². The number of hydrogen-bond donors (Lipinski definition) is 2. The normalized spacial score (nSPS) is 28.3. The van der Waals surface area contributed by atoms with Crippen molar-refractivity contribution in [1.82, 2.24) is 10.2 Å². The van der Waals surface area contributed by atoms with E-state index < -0.39 is 5.54 Å². The molecule has 0 aliphatic carbocycles. The lowest BCUT2D eigenvalue weighted by molar-refractivity contribution is -0.124. The Morgan fingerprint density at radius 3 is 2.68 bits per heavy atom. The summed E-state index contributed by atoms with van der Waals surface area (Å²) in [5.41, 5.74) is 4.89. The number of primary amides is 1. The molecule has 0 radical (unpaired) electrons. The highest BCUT2D eigenvalue weighted by molar-refractivity contribution is 5.84. The maximum atomic E-state index is 11.7. The molecule has 0 aromatic carbocycles. The van der Waals surface area contributed by atoms with Crippen molar-refractivity contribution >= 4 is 5.91 Å². The van der Waals surface area contributed by atoms with Crippen LogP contribution in [0.2, 0.25) is 0 Å². The van der Waals surface area contributed by atoms with E-state index in [2.05, 4.69) is 31.1 Å². The van der Waals surface area contributed by atoms with Gasteiger partial charge in [-0.15, -0.1) is 0 Å². The first kappa shape index (κ1) is 16.4. The van der Waals surface area contributed by atoms with Gasteiger partial charge in [-0.2, -0.15) is 0 Å². The van der Waals surface area contributed by atoms with Crippen molar-refractivity contribution in [2.24, 2.45) is 5.73 Å². The van der Waals surface area contributed by atoms with Crippen LogP contribution in [0.4, 0.5) is 0 Å². The van der Waals surface area contributed by atoms with Crippen LogP contribution < -0.4 is 11.1 Å². The fourth-order valence-corrected chi connectivity index (χ4v) is 2.97. The van der Waals surface area contributed by atoms with E-state index >= 15 is 0 Å². The highest BCUT2D eigenvalue weighted by atomic mass is 16.5. The van der Waals surface area contributed by atoms with E-state index in [1.54, 1.807) is 0 Å². The average molecular weight is 271 g/mol. The third-order valence-electron chi connectivity index (χ3n) is 4.37. The van der Waals surface area contributed by atoms with Gasteiger partial charge in [-0.1, -0.05) is 6.92 Å². The zero-order valence-corrected chi connectivity index (χ0v) is 12.9. The number of nitrogens with two attached hydrogens (primary N) is 1. The van der Waals surface area contributed by atoms with Gasteiger partial charge in [-0.25, -0.2) is 0 Å². The fraction of sp³-hybridized carbons (Fsp3) is 0.929. The third kappa shape index (κ3) is 3.91. The number of likely N-dealkylation sites (N-methyl/N-ethyl adjacent to an activating group) is 2. The van der Waals surface area contributed by atoms with Crippen LogP contribution in [0.3, 0.4) is 0 Å². The summed E-state index contributed by atoms with van der Waals surface area (Å²) in [7, 11) is 2.11. The van der Waals surface area contributed by atoms with Crippen LogP contribution in [0.5, 0.6) is 0 Å². The molecule has 1 heterocycles. The van der Waals surface area contributed by atoms with Crippen molar-refractivity contribution in [2.45, 2.75) is 64.3 Å². The number of ether oxygens (including phenoxy) is 1. The molecule has 112 valence electrons. The molecule has 1 aliphatic rings. The molecular weight excluding hydrogens is 242 g/mol. The van der Waals surface area contributed by atoms with Crippen molar-refractivity contribution < 1.29 is 9.53 Å². The number of amides is 1. The SMILES string of the molecule is CCNC(C)(CC(C)N(C)C1CCOC1C)C(N)=O. The summed E-state index contributed by atoms with van der Waals surface area (Å²) < 4.78 is 5.61. The molecule has 1 amide bonds. The highest BCUT2D eigenvalue weighted by Crippen LogP contribution is 2.23. The van der Waals surface area contributed by atoms with Crippen LogP contribution in [-0.4, -0.2) is 54.7 Å². The van der Waals surface area contributed by atoms with Gasteiger partial charge in [0.05, 0.1) is 11.6 Å². The summed E-state index contributed by atoms with van der Waals surface area (Å²) in [5.74, 6) is -0.287. The van der Waals surface area contributed by atoms with Crippen molar-refractivity contribution in [1.29, 1.82) is 0 Å². The van der Waals surface area contributed by atoms with Crippen LogP contribution in [0.25, 0.3) is 0 Å². The lowest BCUT2D eigenvalue weighted by Gasteiger charge is -2.37. The number of carbonyl (C=O) groups excluding carboxylic acids is 1. The maximum Gasteiger partial charge on any atom is 0.237 e. The van der Waals surface area contributed by atoms with Crippen LogP contribution in [-0.2, 0) is 9.53 Å². The first-order valence-corrected chi connectivity index (χ1v) is 7.20. The van der Waals surface area contributed by atoms with E-state index in [-0.39, 0.29) is 18.1 Å². The second kappa shape index (κ2) is 6.68. The molecular formula is C14H29N3O2.